The van der Waals surface area contributed by atoms with E-state index in [1.807, 2.05) is 15.9 Å². The average molecular weight is 363 g/mol. The molecule has 1 aliphatic rings. The Morgan fingerprint density at radius 2 is 1.54 bits per heavy atom. The van der Waals surface area contributed by atoms with Crippen LogP contribution in [0.1, 0.15) is 17.5 Å². The van der Waals surface area contributed by atoms with Crippen LogP contribution in [-0.2, 0) is 6.18 Å². The smallest absolute Gasteiger partial charge is 0.370 e. The summed E-state index contributed by atoms with van der Waals surface area (Å²) in [7, 11) is 0. The van der Waals surface area contributed by atoms with Crippen molar-refractivity contribution in [1.82, 2.24) is 0 Å². The van der Waals surface area contributed by atoms with Gasteiger partial charge in [-0.05, 0) is 48.9 Å². The van der Waals surface area contributed by atoms with Gasteiger partial charge in [-0.25, -0.2) is 4.39 Å². The summed E-state index contributed by atoms with van der Waals surface area (Å²) in [4.78, 5) is 3.91. The lowest BCUT2D eigenvalue weighted by Crippen LogP contribution is -2.31. The number of benzene rings is 2. The Balaban J connectivity index is 1.71. The monoisotopic (exact) mass is 363 g/mol. The van der Waals surface area contributed by atoms with E-state index in [2.05, 4.69) is 0 Å². The van der Waals surface area contributed by atoms with Crippen LogP contribution in [0.25, 0.3) is 0 Å². The molecule has 0 spiro atoms. The Hall–Kier alpha value is -2.75. The van der Waals surface area contributed by atoms with Gasteiger partial charge in [-0.1, -0.05) is 0 Å². The maximum Gasteiger partial charge on any atom is 0.416 e. The zero-order chi connectivity index (χ0) is 18.7. The van der Waals surface area contributed by atoms with Gasteiger partial charge in [0.25, 0.3) is 0 Å². The fourth-order valence-electron chi connectivity index (χ4n) is 3.11. The zero-order valence-corrected chi connectivity index (χ0v) is 13.9. The fraction of sp³-hybridized carbons (Fsp3) is 0.316. The quantitative estimate of drug-likeness (QED) is 0.740. The highest BCUT2D eigenvalue weighted by Gasteiger charge is 2.30. The molecular formula is C19H17F4N3. The topological polar surface area (TPSA) is 30.3 Å². The summed E-state index contributed by atoms with van der Waals surface area (Å²) in [5.74, 6) is -0.438. The van der Waals surface area contributed by atoms with Gasteiger partial charge in [0.2, 0.25) is 0 Å². The molecule has 0 bridgehead atoms. The molecule has 0 unspecified atom stereocenters. The number of hydrogen-bond donors (Lipinski definition) is 0. The van der Waals surface area contributed by atoms with Gasteiger partial charge in [-0.15, -0.1) is 0 Å². The van der Waals surface area contributed by atoms with Crippen molar-refractivity contribution in [3.63, 3.8) is 0 Å². The average Bonchev–Trinajstić information content (AvgIpc) is 2.87. The van der Waals surface area contributed by atoms with Crippen LogP contribution in [0, 0.1) is 17.1 Å². The number of nitriles is 1. The molecule has 136 valence electrons. The predicted molar refractivity (Wildman–Crippen MR) is 91.6 cm³/mol. The molecule has 7 heteroatoms. The molecule has 0 saturated carbocycles. The molecule has 2 aromatic carbocycles. The molecule has 0 amide bonds. The van der Waals surface area contributed by atoms with Crippen LogP contribution in [-0.4, -0.2) is 26.2 Å². The maximum atomic E-state index is 14.2. The van der Waals surface area contributed by atoms with Crippen molar-refractivity contribution in [2.75, 3.05) is 36.0 Å². The van der Waals surface area contributed by atoms with Gasteiger partial charge < -0.3 is 9.80 Å². The van der Waals surface area contributed by atoms with Gasteiger partial charge in [-0.2, -0.15) is 18.4 Å². The summed E-state index contributed by atoms with van der Waals surface area (Å²) in [6.45, 7) is 2.44. The van der Waals surface area contributed by atoms with E-state index in [1.165, 1.54) is 18.2 Å². The zero-order valence-electron chi connectivity index (χ0n) is 13.9. The van der Waals surface area contributed by atoms with Crippen molar-refractivity contribution in [3.05, 3.63) is 59.4 Å². The Morgan fingerprint density at radius 1 is 0.885 bits per heavy atom. The summed E-state index contributed by atoms with van der Waals surface area (Å²) >= 11 is 0. The molecule has 0 N–H and O–H groups in total. The third kappa shape index (κ3) is 3.90. The van der Waals surface area contributed by atoms with Crippen molar-refractivity contribution >= 4 is 11.4 Å². The van der Waals surface area contributed by atoms with Crippen molar-refractivity contribution < 1.29 is 17.6 Å². The van der Waals surface area contributed by atoms with Gasteiger partial charge in [0.05, 0.1) is 22.9 Å². The summed E-state index contributed by atoms with van der Waals surface area (Å²) in [6, 6.07) is 11.4. The lowest BCUT2D eigenvalue weighted by molar-refractivity contribution is -0.137. The van der Waals surface area contributed by atoms with E-state index < -0.39 is 17.6 Å². The van der Waals surface area contributed by atoms with Gasteiger partial charge in [-0.3, -0.25) is 0 Å². The van der Waals surface area contributed by atoms with Crippen LogP contribution in [0.15, 0.2) is 42.5 Å². The fourth-order valence-corrected chi connectivity index (χ4v) is 3.11. The molecular weight excluding hydrogens is 346 g/mol. The summed E-state index contributed by atoms with van der Waals surface area (Å²) in [6.07, 6.45) is -3.60. The SMILES string of the molecule is N#Cc1ccc(N2CCCN(c3ccc(C(F)(F)F)cc3)CC2)c(F)c1. The first-order valence-corrected chi connectivity index (χ1v) is 8.25. The van der Waals surface area contributed by atoms with Gasteiger partial charge >= 0.3 is 6.18 Å². The van der Waals surface area contributed by atoms with Gasteiger partial charge in [0, 0.05) is 31.9 Å². The summed E-state index contributed by atoms with van der Waals surface area (Å²) < 4.78 is 52.3. The number of nitrogens with zero attached hydrogens (tertiary/aromatic N) is 3. The Kier molecular flexibility index (Phi) is 5.03. The van der Waals surface area contributed by atoms with Gasteiger partial charge in [0.1, 0.15) is 5.82 Å². The van der Waals surface area contributed by atoms with E-state index >= 15 is 0 Å². The summed E-state index contributed by atoms with van der Waals surface area (Å²) in [5.41, 5.74) is 0.767. The number of rotatable bonds is 2. The largest absolute Gasteiger partial charge is 0.416 e. The maximum absolute atomic E-state index is 14.2. The highest BCUT2D eigenvalue weighted by Crippen LogP contribution is 2.31. The molecule has 3 rings (SSSR count). The molecule has 3 nitrogen and oxygen atoms in total. The molecule has 1 saturated heterocycles. The Labute approximate surface area is 149 Å². The second-order valence-corrected chi connectivity index (χ2v) is 6.15. The number of hydrogen-bond acceptors (Lipinski definition) is 3. The highest BCUT2D eigenvalue weighted by atomic mass is 19.4. The molecule has 0 aromatic heterocycles. The first-order chi connectivity index (χ1) is 12.4. The molecule has 26 heavy (non-hydrogen) atoms. The third-order valence-corrected chi connectivity index (χ3v) is 4.47. The molecule has 0 atom stereocenters. The minimum Gasteiger partial charge on any atom is -0.370 e. The highest BCUT2D eigenvalue weighted by molar-refractivity contribution is 5.53. The number of halogens is 4. The van der Waals surface area contributed by atoms with E-state index in [0.29, 0.717) is 31.9 Å². The molecule has 1 aliphatic heterocycles. The van der Waals surface area contributed by atoms with E-state index in [4.69, 9.17) is 5.26 Å². The van der Waals surface area contributed by atoms with Crippen molar-refractivity contribution in [3.8, 4) is 6.07 Å². The standard InChI is InChI=1S/C19H17F4N3/c20-17-12-14(13-24)2-7-18(17)26-9-1-8-25(10-11-26)16-5-3-15(4-6-16)19(21,22)23/h2-7,12H,1,8-11H2. The van der Waals surface area contributed by atoms with E-state index in [0.717, 1.165) is 24.2 Å². The van der Waals surface area contributed by atoms with Crippen LogP contribution in [0.5, 0.6) is 0 Å². The first-order valence-electron chi connectivity index (χ1n) is 8.25. The predicted octanol–water partition coefficient (Wildman–Crippen LogP) is 4.43. The van der Waals surface area contributed by atoms with Crippen molar-refractivity contribution in [2.45, 2.75) is 12.6 Å². The van der Waals surface area contributed by atoms with Crippen LogP contribution in [0.4, 0.5) is 28.9 Å². The number of alkyl halides is 3. The van der Waals surface area contributed by atoms with E-state index in [-0.39, 0.29) is 5.56 Å². The third-order valence-electron chi connectivity index (χ3n) is 4.47. The van der Waals surface area contributed by atoms with Crippen LogP contribution in [0.2, 0.25) is 0 Å². The van der Waals surface area contributed by atoms with Crippen molar-refractivity contribution in [2.24, 2.45) is 0 Å². The lowest BCUT2D eigenvalue weighted by atomic mass is 10.2. The van der Waals surface area contributed by atoms with Crippen LogP contribution in [0.3, 0.4) is 0 Å². The Morgan fingerprint density at radius 3 is 2.15 bits per heavy atom. The van der Waals surface area contributed by atoms with Gasteiger partial charge in [0.15, 0.2) is 0 Å². The molecule has 0 radical (unpaired) electrons. The van der Waals surface area contributed by atoms with E-state index in [9.17, 15) is 17.6 Å². The van der Waals surface area contributed by atoms with Crippen LogP contribution < -0.4 is 9.80 Å². The first kappa shape index (κ1) is 18.1. The number of anilines is 2. The van der Waals surface area contributed by atoms with Crippen molar-refractivity contribution in [1.29, 1.82) is 5.26 Å². The molecule has 2 aromatic rings. The molecule has 1 heterocycles. The summed E-state index contributed by atoms with van der Waals surface area (Å²) in [5, 5.41) is 8.83. The normalized spacial score (nSPS) is 15.5. The second kappa shape index (κ2) is 7.24. The molecule has 1 fully saturated rings. The van der Waals surface area contributed by atoms with E-state index in [1.54, 1.807) is 12.1 Å². The van der Waals surface area contributed by atoms with Crippen LogP contribution >= 0.6 is 0 Å². The lowest BCUT2D eigenvalue weighted by Gasteiger charge is -2.25. The Bertz CT molecular complexity index is 809. The minimum absolute atomic E-state index is 0.271. The molecule has 0 aliphatic carbocycles. The second-order valence-electron chi connectivity index (χ2n) is 6.15. The minimum atomic E-state index is -4.35.